The lowest BCUT2D eigenvalue weighted by Crippen LogP contribution is -2.39. The van der Waals surface area contributed by atoms with Crippen molar-refractivity contribution in [2.45, 2.75) is 18.8 Å². The van der Waals surface area contributed by atoms with E-state index in [9.17, 15) is 9.59 Å². The van der Waals surface area contributed by atoms with Crippen LogP contribution in [-0.4, -0.2) is 21.4 Å². The Balaban J connectivity index is 2.11. The number of halogens is 1. The number of nitrogens with one attached hydrogen (secondary N) is 1. The molecule has 0 saturated carbocycles. The molecule has 1 atom stereocenters. The minimum Gasteiger partial charge on any atom is -0.296 e. The van der Waals surface area contributed by atoms with Crippen LogP contribution in [0, 0.1) is 0 Å². The lowest BCUT2D eigenvalue weighted by atomic mass is 9.90. The number of fused-ring (bicyclic) bond motifs is 1. The molecule has 1 fully saturated rings. The summed E-state index contributed by atoms with van der Waals surface area (Å²) in [5.41, 5.74) is 1.79. The lowest BCUT2D eigenvalue weighted by molar-refractivity contribution is -0.134. The van der Waals surface area contributed by atoms with Crippen molar-refractivity contribution < 1.29 is 9.59 Å². The minimum atomic E-state index is -0.292. The van der Waals surface area contributed by atoms with E-state index < -0.39 is 0 Å². The van der Waals surface area contributed by atoms with Crippen LogP contribution in [0.4, 0.5) is 0 Å². The van der Waals surface area contributed by atoms with Crippen LogP contribution in [0.2, 0.25) is 0 Å². The number of imide groups is 1. The average Bonchev–Trinajstić information content (AvgIpc) is 2.76. The molecule has 3 heterocycles. The Hall–Kier alpha value is -1.69. The minimum absolute atomic E-state index is 0.198. The van der Waals surface area contributed by atoms with Gasteiger partial charge in [-0.05, 0) is 40.0 Å². The first kappa shape index (κ1) is 11.4. The van der Waals surface area contributed by atoms with E-state index in [-0.39, 0.29) is 17.7 Å². The molecule has 1 saturated heterocycles. The largest absolute Gasteiger partial charge is 0.296 e. The van der Waals surface area contributed by atoms with Crippen LogP contribution >= 0.6 is 15.9 Å². The van der Waals surface area contributed by atoms with E-state index in [4.69, 9.17) is 0 Å². The van der Waals surface area contributed by atoms with Crippen LogP contribution < -0.4 is 5.32 Å². The molecule has 0 aliphatic carbocycles. The quantitative estimate of drug-likeness (QED) is 0.814. The molecule has 1 N–H and O–H groups in total. The maximum atomic E-state index is 11.9. The van der Waals surface area contributed by atoms with Crippen LogP contribution in [0.15, 0.2) is 29.0 Å². The van der Waals surface area contributed by atoms with Crippen LogP contribution in [-0.2, 0) is 9.59 Å². The molecular formula is C12H10BrN3O2. The predicted octanol–water partition coefficient (Wildman–Crippen LogP) is 1.62. The van der Waals surface area contributed by atoms with Gasteiger partial charge in [0.15, 0.2) is 0 Å². The van der Waals surface area contributed by atoms with Gasteiger partial charge in [0.05, 0.1) is 11.4 Å². The SMILES string of the molecule is O=C1CCC(c2cc(Br)cn3nccc23)C(=O)N1. The van der Waals surface area contributed by atoms with Crippen molar-refractivity contribution in [2.75, 3.05) is 0 Å². The van der Waals surface area contributed by atoms with Crippen LogP contribution in [0.5, 0.6) is 0 Å². The summed E-state index contributed by atoms with van der Waals surface area (Å²) in [6.45, 7) is 0. The highest BCUT2D eigenvalue weighted by atomic mass is 79.9. The lowest BCUT2D eigenvalue weighted by Gasteiger charge is -2.21. The Morgan fingerprint density at radius 3 is 3.06 bits per heavy atom. The monoisotopic (exact) mass is 307 g/mol. The summed E-state index contributed by atoms with van der Waals surface area (Å²) in [7, 11) is 0. The molecule has 92 valence electrons. The standard InChI is InChI=1S/C12H10BrN3O2/c13-7-5-9(10-3-4-14-16(10)6-7)8-1-2-11(17)15-12(8)18/h3-6,8H,1-2H2,(H,15,17,18). The number of nitrogens with zero attached hydrogens (tertiary/aromatic N) is 2. The Kier molecular flexibility index (Phi) is 2.66. The van der Waals surface area contributed by atoms with Crippen molar-refractivity contribution >= 4 is 33.3 Å². The number of rotatable bonds is 1. The molecule has 1 aliphatic heterocycles. The van der Waals surface area contributed by atoms with Crippen LogP contribution in [0.3, 0.4) is 0 Å². The second-order valence-corrected chi connectivity index (χ2v) is 5.19. The van der Waals surface area contributed by atoms with Gasteiger partial charge in [0.25, 0.3) is 0 Å². The van der Waals surface area contributed by atoms with E-state index >= 15 is 0 Å². The fraction of sp³-hybridized carbons (Fsp3) is 0.250. The number of pyridine rings is 1. The van der Waals surface area contributed by atoms with E-state index in [1.165, 1.54) is 0 Å². The summed E-state index contributed by atoms with van der Waals surface area (Å²) >= 11 is 3.41. The molecular weight excluding hydrogens is 298 g/mol. The van der Waals surface area contributed by atoms with Crippen molar-refractivity contribution in [3.8, 4) is 0 Å². The zero-order chi connectivity index (χ0) is 12.7. The van der Waals surface area contributed by atoms with Crippen molar-refractivity contribution in [3.05, 3.63) is 34.6 Å². The summed E-state index contributed by atoms with van der Waals surface area (Å²) in [5.74, 6) is -0.720. The molecule has 2 amide bonds. The molecule has 5 nitrogen and oxygen atoms in total. The Morgan fingerprint density at radius 1 is 1.44 bits per heavy atom. The third-order valence-corrected chi connectivity index (χ3v) is 3.55. The smallest absolute Gasteiger partial charge is 0.234 e. The van der Waals surface area contributed by atoms with Gasteiger partial charge in [-0.15, -0.1) is 0 Å². The van der Waals surface area contributed by atoms with Gasteiger partial charge in [0, 0.05) is 23.3 Å². The Morgan fingerprint density at radius 2 is 2.28 bits per heavy atom. The molecule has 1 unspecified atom stereocenters. The van der Waals surface area contributed by atoms with Crippen molar-refractivity contribution in [3.63, 3.8) is 0 Å². The molecule has 3 rings (SSSR count). The van der Waals surface area contributed by atoms with Crippen LogP contribution in [0.1, 0.15) is 24.3 Å². The number of piperidine rings is 1. The van der Waals surface area contributed by atoms with Gasteiger partial charge < -0.3 is 0 Å². The Bertz CT molecular complexity index is 650. The third-order valence-electron chi connectivity index (χ3n) is 3.12. The van der Waals surface area contributed by atoms with Gasteiger partial charge in [-0.3, -0.25) is 14.9 Å². The number of amides is 2. The molecule has 2 aromatic heterocycles. The molecule has 0 aromatic carbocycles. The molecule has 18 heavy (non-hydrogen) atoms. The zero-order valence-corrected chi connectivity index (χ0v) is 11.0. The van der Waals surface area contributed by atoms with E-state index in [1.54, 1.807) is 10.7 Å². The van der Waals surface area contributed by atoms with Gasteiger partial charge in [0.1, 0.15) is 0 Å². The average molecular weight is 308 g/mol. The summed E-state index contributed by atoms with van der Waals surface area (Å²) < 4.78 is 2.58. The third kappa shape index (κ3) is 1.82. The summed E-state index contributed by atoms with van der Waals surface area (Å²) in [5, 5.41) is 6.54. The molecule has 2 aromatic rings. The molecule has 1 aliphatic rings. The first-order valence-electron chi connectivity index (χ1n) is 5.61. The number of carbonyl (C=O) groups is 2. The first-order chi connectivity index (χ1) is 8.65. The van der Waals surface area contributed by atoms with E-state index in [1.807, 2.05) is 18.3 Å². The molecule has 0 bridgehead atoms. The van der Waals surface area contributed by atoms with Gasteiger partial charge in [-0.1, -0.05) is 0 Å². The zero-order valence-electron chi connectivity index (χ0n) is 9.39. The maximum Gasteiger partial charge on any atom is 0.234 e. The molecule has 0 spiro atoms. The second kappa shape index (κ2) is 4.20. The van der Waals surface area contributed by atoms with Gasteiger partial charge in [-0.25, -0.2) is 4.52 Å². The first-order valence-corrected chi connectivity index (χ1v) is 6.41. The highest BCUT2D eigenvalue weighted by Crippen LogP contribution is 2.30. The van der Waals surface area contributed by atoms with Crippen molar-refractivity contribution in [1.29, 1.82) is 0 Å². The number of aromatic nitrogens is 2. The number of carbonyl (C=O) groups excluding carboxylic acids is 2. The van der Waals surface area contributed by atoms with E-state index in [0.29, 0.717) is 12.8 Å². The molecule has 0 radical (unpaired) electrons. The maximum absolute atomic E-state index is 11.9. The number of hydrogen-bond acceptors (Lipinski definition) is 3. The summed E-state index contributed by atoms with van der Waals surface area (Å²) in [4.78, 5) is 23.1. The van der Waals surface area contributed by atoms with Crippen LogP contribution in [0.25, 0.3) is 5.52 Å². The summed E-state index contributed by atoms with van der Waals surface area (Å²) in [6, 6.07) is 3.78. The predicted molar refractivity (Wildman–Crippen MR) is 68.0 cm³/mol. The second-order valence-electron chi connectivity index (χ2n) is 4.28. The van der Waals surface area contributed by atoms with Crippen molar-refractivity contribution in [1.82, 2.24) is 14.9 Å². The highest BCUT2D eigenvalue weighted by Gasteiger charge is 2.29. The summed E-state index contributed by atoms with van der Waals surface area (Å²) in [6.07, 6.45) is 4.45. The topological polar surface area (TPSA) is 63.5 Å². The fourth-order valence-corrected chi connectivity index (χ4v) is 2.73. The highest BCUT2D eigenvalue weighted by molar-refractivity contribution is 9.10. The van der Waals surface area contributed by atoms with Gasteiger partial charge in [0.2, 0.25) is 11.8 Å². The molecule has 6 heteroatoms. The van der Waals surface area contributed by atoms with Gasteiger partial charge in [-0.2, -0.15) is 5.10 Å². The normalized spacial score (nSPS) is 20.2. The van der Waals surface area contributed by atoms with Crippen molar-refractivity contribution in [2.24, 2.45) is 0 Å². The fourth-order valence-electron chi connectivity index (χ4n) is 2.29. The van der Waals surface area contributed by atoms with E-state index in [0.717, 1.165) is 15.6 Å². The Labute approximate surface area is 111 Å². The number of hydrogen-bond donors (Lipinski definition) is 1. The van der Waals surface area contributed by atoms with Gasteiger partial charge >= 0.3 is 0 Å². The van der Waals surface area contributed by atoms with E-state index in [2.05, 4.69) is 26.3 Å².